The second-order valence-corrected chi connectivity index (χ2v) is 7.03. The standard InChI is InChI=1S/C14H20N2O2S/c1-5-8(2)12(18)16-13-15-9-6-14(3,4)7-10(17)11(9)19-13/h8H,5-7H2,1-4H3,(H,15,16,18)/t8-/m1/s1. The van der Waals surface area contributed by atoms with Gasteiger partial charge < -0.3 is 5.32 Å². The first-order chi connectivity index (χ1) is 8.82. The van der Waals surface area contributed by atoms with Crippen molar-refractivity contribution in [3.8, 4) is 0 Å². The molecule has 1 aromatic rings. The van der Waals surface area contributed by atoms with E-state index in [4.69, 9.17) is 0 Å². The van der Waals surface area contributed by atoms with Crippen molar-refractivity contribution in [3.05, 3.63) is 10.6 Å². The van der Waals surface area contributed by atoms with E-state index in [0.29, 0.717) is 11.6 Å². The third-order valence-corrected chi connectivity index (χ3v) is 4.58. The molecule has 104 valence electrons. The Morgan fingerprint density at radius 1 is 1.47 bits per heavy atom. The van der Waals surface area contributed by atoms with Gasteiger partial charge in [-0.1, -0.05) is 39.0 Å². The summed E-state index contributed by atoms with van der Waals surface area (Å²) in [5.74, 6) is 0.0844. The van der Waals surface area contributed by atoms with Gasteiger partial charge in [-0.05, 0) is 18.3 Å². The number of fused-ring (bicyclic) bond motifs is 1. The van der Waals surface area contributed by atoms with Crippen molar-refractivity contribution in [2.45, 2.75) is 47.0 Å². The zero-order valence-corrected chi connectivity index (χ0v) is 12.7. The molecule has 0 spiro atoms. The molecular weight excluding hydrogens is 260 g/mol. The van der Waals surface area contributed by atoms with Gasteiger partial charge in [0.05, 0.1) is 10.6 Å². The zero-order chi connectivity index (χ0) is 14.2. The summed E-state index contributed by atoms with van der Waals surface area (Å²) in [5, 5.41) is 3.37. The van der Waals surface area contributed by atoms with Crippen LogP contribution in [0.4, 0.5) is 5.13 Å². The van der Waals surface area contributed by atoms with Crippen LogP contribution in [-0.4, -0.2) is 16.7 Å². The van der Waals surface area contributed by atoms with Crippen LogP contribution in [0.2, 0.25) is 0 Å². The Morgan fingerprint density at radius 3 is 2.79 bits per heavy atom. The smallest absolute Gasteiger partial charge is 0.228 e. The lowest BCUT2D eigenvalue weighted by Crippen LogP contribution is -2.26. The Kier molecular flexibility index (Phi) is 3.76. The molecule has 1 aliphatic rings. The number of nitrogens with zero attached hydrogens (tertiary/aromatic N) is 1. The van der Waals surface area contributed by atoms with Crippen LogP contribution in [0.3, 0.4) is 0 Å². The molecule has 0 aliphatic heterocycles. The van der Waals surface area contributed by atoms with Crippen LogP contribution < -0.4 is 5.32 Å². The van der Waals surface area contributed by atoms with Crippen LogP contribution in [0.25, 0.3) is 0 Å². The average Bonchev–Trinajstić information content (AvgIpc) is 2.68. The number of Topliss-reactive ketones (excluding diaryl/α,β-unsaturated/α-hetero) is 1. The maximum Gasteiger partial charge on any atom is 0.228 e. The number of hydrogen-bond donors (Lipinski definition) is 1. The van der Waals surface area contributed by atoms with Gasteiger partial charge in [-0.3, -0.25) is 9.59 Å². The first-order valence-corrected chi connectivity index (χ1v) is 7.48. The van der Waals surface area contributed by atoms with Gasteiger partial charge in [0.1, 0.15) is 0 Å². The average molecular weight is 280 g/mol. The minimum absolute atomic E-state index is 0.0275. The van der Waals surface area contributed by atoms with Crippen molar-refractivity contribution in [2.24, 2.45) is 11.3 Å². The lowest BCUT2D eigenvalue weighted by atomic mass is 9.78. The fraction of sp³-hybridized carbons (Fsp3) is 0.643. The number of aromatic nitrogens is 1. The number of carbonyl (C=O) groups excluding carboxylic acids is 2. The number of amides is 1. The maximum absolute atomic E-state index is 12.0. The van der Waals surface area contributed by atoms with E-state index >= 15 is 0 Å². The molecule has 19 heavy (non-hydrogen) atoms. The molecule has 0 radical (unpaired) electrons. The number of carbonyl (C=O) groups is 2. The molecule has 0 fully saturated rings. The molecule has 1 aliphatic carbocycles. The summed E-state index contributed by atoms with van der Waals surface area (Å²) in [4.78, 5) is 29.0. The van der Waals surface area contributed by atoms with Crippen LogP contribution in [0.1, 0.15) is 55.9 Å². The highest BCUT2D eigenvalue weighted by molar-refractivity contribution is 7.17. The van der Waals surface area contributed by atoms with E-state index in [1.807, 2.05) is 13.8 Å². The minimum atomic E-state index is -0.0342. The van der Waals surface area contributed by atoms with Gasteiger partial charge in [-0.2, -0.15) is 0 Å². The van der Waals surface area contributed by atoms with E-state index in [1.165, 1.54) is 11.3 Å². The Labute approximate surface area is 117 Å². The zero-order valence-electron chi connectivity index (χ0n) is 11.9. The summed E-state index contributed by atoms with van der Waals surface area (Å²) >= 11 is 1.31. The highest BCUT2D eigenvalue weighted by Gasteiger charge is 2.34. The monoisotopic (exact) mass is 280 g/mol. The van der Waals surface area contributed by atoms with Crippen molar-refractivity contribution in [1.82, 2.24) is 4.98 Å². The fourth-order valence-corrected chi connectivity index (χ4v) is 3.11. The third-order valence-electron chi connectivity index (χ3n) is 3.53. The second kappa shape index (κ2) is 5.04. The number of nitrogens with one attached hydrogen (secondary N) is 1. The number of ketones is 1. The predicted molar refractivity (Wildman–Crippen MR) is 76.6 cm³/mol. The molecule has 0 unspecified atom stereocenters. The van der Waals surface area contributed by atoms with Gasteiger partial charge in [-0.15, -0.1) is 0 Å². The number of anilines is 1. The Bertz CT molecular complexity index is 520. The Morgan fingerprint density at radius 2 is 2.16 bits per heavy atom. The Hall–Kier alpha value is -1.23. The summed E-state index contributed by atoms with van der Waals surface area (Å²) in [7, 11) is 0. The van der Waals surface area contributed by atoms with Crippen molar-refractivity contribution >= 4 is 28.2 Å². The van der Waals surface area contributed by atoms with E-state index < -0.39 is 0 Å². The lowest BCUT2D eigenvalue weighted by molar-refractivity contribution is -0.119. The molecule has 1 N–H and O–H groups in total. The lowest BCUT2D eigenvalue weighted by Gasteiger charge is -2.26. The highest BCUT2D eigenvalue weighted by atomic mass is 32.1. The van der Waals surface area contributed by atoms with Gasteiger partial charge in [0, 0.05) is 12.3 Å². The van der Waals surface area contributed by atoms with Crippen LogP contribution >= 0.6 is 11.3 Å². The fourth-order valence-electron chi connectivity index (χ4n) is 2.19. The number of thiazole rings is 1. The van der Waals surface area contributed by atoms with Gasteiger partial charge >= 0.3 is 0 Å². The van der Waals surface area contributed by atoms with E-state index in [9.17, 15) is 9.59 Å². The van der Waals surface area contributed by atoms with E-state index in [1.54, 1.807) is 0 Å². The quantitative estimate of drug-likeness (QED) is 0.924. The third kappa shape index (κ3) is 3.03. The molecule has 0 saturated heterocycles. The SMILES string of the molecule is CC[C@@H](C)C(=O)Nc1nc2c(s1)C(=O)CC(C)(C)C2. The van der Waals surface area contributed by atoms with E-state index in [-0.39, 0.29) is 23.0 Å². The molecule has 0 aromatic carbocycles. The summed E-state index contributed by atoms with van der Waals surface area (Å²) in [5.41, 5.74) is 0.807. The number of hydrogen-bond acceptors (Lipinski definition) is 4. The first kappa shape index (κ1) is 14.2. The summed E-state index contributed by atoms with van der Waals surface area (Å²) < 4.78 is 0. The minimum Gasteiger partial charge on any atom is -0.302 e. The van der Waals surface area contributed by atoms with Crippen LogP contribution in [0, 0.1) is 11.3 Å². The number of rotatable bonds is 3. The normalized spacial score (nSPS) is 18.8. The largest absolute Gasteiger partial charge is 0.302 e. The molecule has 0 bridgehead atoms. The predicted octanol–water partition coefficient (Wildman–Crippen LogP) is 3.28. The second-order valence-electron chi connectivity index (χ2n) is 6.03. The van der Waals surface area contributed by atoms with Gasteiger partial charge in [-0.25, -0.2) is 4.98 Å². The molecule has 0 saturated carbocycles. The van der Waals surface area contributed by atoms with Gasteiger partial charge in [0.25, 0.3) is 0 Å². The molecule has 2 rings (SSSR count). The van der Waals surface area contributed by atoms with E-state index in [0.717, 1.165) is 23.4 Å². The van der Waals surface area contributed by atoms with Crippen molar-refractivity contribution in [1.29, 1.82) is 0 Å². The van der Waals surface area contributed by atoms with Crippen LogP contribution in [0.15, 0.2) is 0 Å². The summed E-state index contributed by atoms with van der Waals surface area (Å²) in [6.07, 6.45) is 2.15. The van der Waals surface area contributed by atoms with Gasteiger partial charge in [0.2, 0.25) is 5.91 Å². The summed E-state index contributed by atoms with van der Waals surface area (Å²) in [6.45, 7) is 8.01. The maximum atomic E-state index is 12.0. The molecule has 4 nitrogen and oxygen atoms in total. The molecule has 1 aromatic heterocycles. The van der Waals surface area contributed by atoms with Crippen LogP contribution in [-0.2, 0) is 11.2 Å². The highest BCUT2D eigenvalue weighted by Crippen LogP contribution is 2.38. The molecule has 5 heteroatoms. The van der Waals surface area contributed by atoms with Crippen LogP contribution in [0.5, 0.6) is 0 Å². The van der Waals surface area contributed by atoms with Gasteiger partial charge in [0.15, 0.2) is 10.9 Å². The van der Waals surface area contributed by atoms with Crippen molar-refractivity contribution < 1.29 is 9.59 Å². The van der Waals surface area contributed by atoms with Crippen molar-refractivity contribution in [2.75, 3.05) is 5.32 Å². The molecule has 1 amide bonds. The van der Waals surface area contributed by atoms with E-state index in [2.05, 4.69) is 24.1 Å². The Balaban J connectivity index is 2.19. The van der Waals surface area contributed by atoms with Crippen molar-refractivity contribution in [3.63, 3.8) is 0 Å². The first-order valence-electron chi connectivity index (χ1n) is 6.66. The molecule has 1 atom stereocenters. The topological polar surface area (TPSA) is 59.1 Å². The summed E-state index contributed by atoms with van der Waals surface area (Å²) in [6, 6.07) is 0. The molecule has 1 heterocycles. The molecular formula is C14H20N2O2S.